The fourth-order valence-electron chi connectivity index (χ4n) is 2.31. The number of rotatable bonds is 3. The van der Waals surface area contributed by atoms with Gasteiger partial charge in [-0.05, 0) is 18.6 Å². The minimum Gasteiger partial charge on any atom is -0.379 e. The molecular weight excluding hydrogens is 250 g/mol. The number of nitriles is 1. The standard InChI is InChI=1S/C14H16F2N2O/c1-14(10-17,18-4-6-19-7-5-18)9-11-2-3-12(15)8-13(11)16/h2-3,8H,4-7,9H2,1H3. The number of ether oxygens (including phenoxy) is 1. The lowest BCUT2D eigenvalue weighted by atomic mass is 9.91. The second-order valence-corrected chi connectivity index (χ2v) is 4.90. The van der Waals surface area contributed by atoms with Gasteiger partial charge in [-0.1, -0.05) is 6.07 Å². The summed E-state index contributed by atoms with van der Waals surface area (Å²) in [7, 11) is 0. The summed E-state index contributed by atoms with van der Waals surface area (Å²) >= 11 is 0. The molecule has 0 aliphatic carbocycles. The van der Waals surface area contributed by atoms with Crippen molar-refractivity contribution in [1.82, 2.24) is 4.90 Å². The minimum absolute atomic E-state index is 0.232. The molecule has 1 fully saturated rings. The third kappa shape index (κ3) is 3.09. The summed E-state index contributed by atoms with van der Waals surface area (Å²) in [5, 5.41) is 9.42. The lowest BCUT2D eigenvalue weighted by Crippen LogP contribution is -2.52. The molecule has 0 amide bonds. The van der Waals surface area contributed by atoms with Crippen LogP contribution in [0.2, 0.25) is 0 Å². The fraction of sp³-hybridized carbons (Fsp3) is 0.500. The van der Waals surface area contributed by atoms with Gasteiger partial charge in [0.1, 0.15) is 17.2 Å². The first-order valence-corrected chi connectivity index (χ1v) is 6.23. The van der Waals surface area contributed by atoms with Crippen molar-refractivity contribution in [3.8, 4) is 6.07 Å². The van der Waals surface area contributed by atoms with Crippen molar-refractivity contribution in [2.45, 2.75) is 18.9 Å². The van der Waals surface area contributed by atoms with Gasteiger partial charge in [0.05, 0.1) is 19.3 Å². The number of hydrogen-bond donors (Lipinski definition) is 0. The van der Waals surface area contributed by atoms with Crippen LogP contribution in [0.1, 0.15) is 12.5 Å². The van der Waals surface area contributed by atoms with Crippen LogP contribution >= 0.6 is 0 Å². The van der Waals surface area contributed by atoms with Gasteiger partial charge in [0.15, 0.2) is 0 Å². The number of halogens is 2. The molecule has 1 heterocycles. The summed E-state index contributed by atoms with van der Waals surface area (Å²) < 4.78 is 31.8. The number of nitrogens with zero attached hydrogens (tertiary/aromatic N) is 2. The second-order valence-electron chi connectivity index (χ2n) is 4.90. The van der Waals surface area contributed by atoms with E-state index < -0.39 is 17.2 Å². The second kappa shape index (κ2) is 5.64. The third-order valence-electron chi connectivity index (χ3n) is 3.50. The van der Waals surface area contributed by atoms with E-state index >= 15 is 0 Å². The van der Waals surface area contributed by atoms with E-state index in [9.17, 15) is 14.0 Å². The van der Waals surface area contributed by atoms with E-state index in [0.717, 1.165) is 6.07 Å². The largest absolute Gasteiger partial charge is 0.379 e. The van der Waals surface area contributed by atoms with Gasteiger partial charge >= 0.3 is 0 Å². The summed E-state index contributed by atoms with van der Waals surface area (Å²) in [6.45, 7) is 4.22. The molecule has 1 unspecified atom stereocenters. The molecule has 1 aromatic carbocycles. The van der Waals surface area contributed by atoms with E-state index in [4.69, 9.17) is 4.74 Å². The fourth-order valence-corrected chi connectivity index (χ4v) is 2.31. The Morgan fingerprint density at radius 2 is 2.05 bits per heavy atom. The van der Waals surface area contributed by atoms with Crippen LogP contribution < -0.4 is 0 Å². The zero-order valence-electron chi connectivity index (χ0n) is 10.8. The SMILES string of the molecule is CC(C#N)(Cc1ccc(F)cc1F)N1CCOCC1. The first-order chi connectivity index (χ1) is 9.05. The van der Waals surface area contributed by atoms with Crippen LogP contribution in [0.3, 0.4) is 0 Å². The Morgan fingerprint density at radius 1 is 1.37 bits per heavy atom. The van der Waals surface area contributed by atoms with E-state index in [1.165, 1.54) is 12.1 Å². The summed E-state index contributed by atoms with van der Waals surface area (Å²) in [6.07, 6.45) is 0.232. The van der Waals surface area contributed by atoms with Crippen molar-refractivity contribution < 1.29 is 13.5 Å². The minimum atomic E-state index is -0.803. The maximum atomic E-state index is 13.7. The lowest BCUT2D eigenvalue weighted by Gasteiger charge is -2.38. The molecule has 0 bridgehead atoms. The Hall–Kier alpha value is -1.51. The van der Waals surface area contributed by atoms with Crippen molar-refractivity contribution in [1.29, 1.82) is 5.26 Å². The van der Waals surface area contributed by atoms with Crippen molar-refractivity contribution >= 4 is 0 Å². The number of hydrogen-bond acceptors (Lipinski definition) is 3. The average Bonchev–Trinajstić information content (AvgIpc) is 2.43. The van der Waals surface area contributed by atoms with Crippen LogP contribution in [0.15, 0.2) is 18.2 Å². The monoisotopic (exact) mass is 266 g/mol. The quantitative estimate of drug-likeness (QED) is 0.840. The van der Waals surface area contributed by atoms with E-state index in [2.05, 4.69) is 6.07 Å². The Morgan fingerprint density at radius 3 is 2.63 bits per heavy atom. The number of benzene rings is 1. The molecule has 1 saturated heterocycles. The van der Waals surface area contributed by atoms with Crippen LogP contribution in [0, 0.1) is 23.0 Å². The summed E-state index contributed by atoms with van der Waals surface area (Å²) in [4.78, 5) is 1.99. The maximum absolute atomic E-state index is 13.7. The van der Waals surface area contributed by atoms with Gasteiger partial charge in [-0.25, -0.2) is 8.78 Å². The zero-order valence-corrected chi connectivity index (χ0v) is 10.8. The molecule has 102 valence electrons. The Kier molecular flexibility index (Phi) is 4.13. The van der Waals surface area contributed by atoms with E-state index in [0.29, 0.717) is 31.9 Å². The third-order valence-corrected chi connectivity index (χ3v) is 3.50. The van der Waals surface area contributed by atoms with Crippen LogP contribution in [0.5, 0.6) is 0 Å². The van der Waals surface area contributed by atoms with Gasteiger partial charge < -0.3 is 4.74 Å². The van der Waals surface area contributed by atoms with Crippen LogP contribution in [0.25, 0.3) is 0 Å². The van der Waals surface area contributed by atoms with Gasteiger partial charge in [0.2, 0.25) is 0 Å². The van der Waals surface area contributed by atoms with Crippen molar-refractivity contribution in [2.24, 2.45) is 0 Å². The molecule has 0 N–H and O–H groups in total. The zero-order chi connectivity index (χ0) is 13.9. The van der Waals surface area contributed by atoms with Gasteiger partial charge in [0.25, 0.3) is 0 Å². The first kappa shape index (κ1) is 13.9. The van der Waals surface area contributed by atoms with Gasteiger partial charge in [-0.15, -0.1) is 0 Å². The Balaban J connectivity index is 2.20. The molecule has 0 saturated carbocycles. The lowest BCUT2D eigenvalue weighted by molar-refractivity contribution is 0.00169. The molecule has 19 heavy (non-hydrogen) atoms. The van der Waals surface area contributed by atoms with Crippen molar-refractivity contribution in [2.75, 3.05) is 26.3 Å². The molecule has 1 aliphatic rings. The Bertz CT molecular complexity index is 495. The van der Waals surface area contributed by atoms with Crippen molar-refractivity contribution in [3.05, 3.63) is 35.4 Å². The molecule has 0 spiro atoms. The molecule has 0 aromatic heterocycles. The van der Waals surface area contributed by atoms with E-state index in [1.807, 2.05) is 4.90 Å². The summed E-state index contributed by atoms with van der Waals surface area (Å²) in [6, 6.07) is 5.72. The molecule has 1 aliphatic heterocycles. The van der Waals surface area contributed by atoms with Crippen molar-refractivity contribution in [3.63, 3.8) is 0 Å². The predicted molar refractivity (Wildman–Crippen MR) is 66.5 cm³/mol. The average molecular weight is 266 g/mol. The van der Waals surface area contributed by atoms with E-state index in [1.54, 1.807) is 6.92 Å². The molecule has 3 nitrogen and oxygen atoms in total. The van der Waals surface area contributed by atoms with Gasteiger partial charge in [-0.3, -0.25) is 4.90 Å². The highest BCUT2D eigenvalue weighted by Crippen LogP contribution is 2.23. The normalized spacial score (nSPS) is 19.7. The highest BCUT2D eigenvalue weighted by atomic mass is 19.1. The topological polar surface area (TPSA) is 36.3 Å². The molecule has 1 atom stereocenters. The molecular formula is C14H16F2N2O. The maximum Gasteiger partial charge on any atom is 0.129 e. The molecule has 1 aromatic rings. The summed E-state index contributed by atoms with van der Waals surface area (Å²) in [5.41, 5.74) is -0.445. The van der Waals surface area contributed by atoms with E-state index in [-0.39, 0.29) is 6.42 Å². The predicted octanol–water partition coefficient (Wildman–Crippen LogP) is 2.12. The Labute approximate surface area is 111 Å². The first-order valence-electron chi connectivity index (χ1n) is 6.23. The summed E-state index contributed by atoms with van der Waals surface area (Å²) in [5.74, 6) is -1.21. The van der Waals surface area contributed by atoms with Crippen LogP contribution in [0.4, 0.5) is 8.78 Å². The molecule has 0 radical (unpaired) electrons. The molecule has 5 heteroatoms. The van der Waals surface area contributed by atoms with Crippen LogP contribution in [-0.4, -0.2) is 36.7 Å². The van der Waals surface area contributed by atoms with Crippen LogP contribution in [-0.2, 0) is 11.2 Å². The number of morpholine rings is 1. The highest BCUT2D eigenvalue weighted by Gasteiger charge is 2.34. The smallest absolute Gasteiger partial charge is 0.129 e. The van der Waals surface area contributed by atoms with Gasteiger partial charge in [-0.2, -0.15) is 5.26 Å². The molecule has 2 rings (SSSR count). The van der Waals surface area contributed by atoms with Gasteiger partial charge in [0, 0.05) is 25.6 Å². The highest BCUT2D eigenvalue weighted by molar-refractivity contribution is 5.24.